The number of carbonyl (C=O) groups excluding carboxylic acids is 1. The summed E-state index contributed by atoms with van der Waals surface area (Å²) in [6, 6.07) is 20.0. The lowest BCUT2D eigenvalue weighted by Crippen LogP contribution is -2.36. The lowest BCUT2D eigenvalue weighted by molar-refractivity contribution is -0.0715. The lowest BCUT2D eigenvalue weighted by Gasteiger charge is -2.31. The fourth-order valence-corrected chi connectivity index (χ4v) is 5.41. The van der Waals surface area contributed by atoms with Crippen LogP contribution in [0.5, 0.6) is 0 Å². The molecule has 4 aromatic rings. The van der Waals surface area contributed by atoms with Crippen molar-refractivity contribution in [1.82, 2.24) is 14.8 Å². The van der Waals surface area contributed by atoms with Gasteiger partial charge in [0.25, 0.3) is 5.91 Å². The number of rotatable bonds is 6. The van der Waals surface area contributed by atoms with E-state index in [0.717, 1.165) is 35.0 Å². The lowest BCUT2D eigenvalue weighted by atomic mass is 9.91. The predicted molar refractivity (Wildman–Crippen MR) is 136 cm³/mol. The molecule has 4 N–H and O–H groups in total. The van der Waals surface area contributed by atoms with Gasteiger partial charge in [0.2, 0.25) is 0 Å². The van der Waals surface area contributed by atoms with E-state index < -0.39 is 16.0 Å². The maximum absolute atomic E-state index is 12.7. The van der Waals surface area contributed by atoms with Gasteiger partial charge in [-0.15, -0.1) is 0 Å². The summed E-state index contributed by atoms with van der Waals surface area (Å²) in [4.78, 5) is 11.9. The molecule has 0 bridgehead atoms. The number of aryl methyl sites for hydroxylation is 1. The molecule has 1 aliphatic heterocycles. The molecule has 0 aliphatic carbocycles. The zero-order chi connectivity index (χ0) is 24.6. The van der Waals surface area contributed by atoms with Crippen LogP contribution in [-0.2, 0) is 14.4 Å². The van der Waals surface area contributed by atoms with E-state index in [9.17, 15) is 13.2 Å². The van der Waals surface area contributed by atoms with Crippen LogP contribution in [0.15, 0.2) is 77.8 Å². The third-order valence-corrected chi connectivity index (χ3v) is 7.58. The van der Waals surface area contributed by atoms with Crippen LogP contribution in [0.3, 0.4) is 0 Å². The number of hydrogen-bond acceptors (Lipinski definition) is 6. The summed E-state index contributed by atoms with van der Waals surface area (Å²) in [5.74, 6) is -0.367. The highest BCUT2D eigenvalue weighted by Gasteiger charge is 2.27. The van der Waals surface area contributed by atoms with Crippen molar-refractivity contribution in [2.24, 2.45) is 5.73 Å². The number of hydroxylamine groups is 2. The highest BCUT2D eigenvalue weighted by Crippen LogP contribution is 2.29. The van der Waals surface area contributed by atoms with Crippen LogP contribution in [0.2, 0.25) is 0 Å². The van der Waals surface area contributed by atoms with E-state index in [2.05, 4.69) is 5.10 Å². The summed E-state index contributed by atoms with van der Waals surface area (Å²) in [5.41, 5.74) is 9.38. The molecule has 188 valence electrons. The number of nitrogens with two attached hydrogens (primary N) is 1. The van der Waals surface area contributed by atoms with E-state index in [1.165, 1.54) is 0 Å². The number of benzene rings is 3. The zero-order valence-electron chi connectivity index (χ0n) is 19.8. The largest absolute Gasteiger partial charge is 0.412 e. The minimum absolute atomic E-state index is 0. The minimum atomic E-state index is -3.87. The van der Waals surface area contributed by atoms with Crippen LogP contribution in [0.1, 0.15) is 40.2 Å². The van der Waals surface area contributed by atoms with E-state index in [0.29, 0.717) is 24.2 Å². The SMILES string of the molecule is Cc1ccc(S(=O)(=O)ON2CCC[C@@H](c3ccc(-n4cc5cccc(C(N)=O)c5n4)cc3)C2)cc1.O. The van der Waals surface area contributed by atoms with E-state index >= 15 is 0 Å². The molecule has 1 aliphatic rings. The van der Waals surface area contributed by atoms with E-state index in [4.69, 9.17) is 10.0 Å². The van der Waals surface area contributed by atoms with Gasteiger partial charge < -0.3 is 11.2 Å². The normalized spacial score (nSPS) is 16.5. The highest BCUT2D eigenvalue weighted by atomic mass is 32.2. The third-order valence-electron chi connectivity index (χ3n) is 6.33. The van der Waals surface area contributed by atoms with Gasteiger partial charge in [-0.05, 0) is 61.6 Å². The number of nitrogens with zero attached hydrogens (tertiary/aromatic N) is 3. The molecule has 0 saturated carbocycles. The fraction of sp³-hybridized carbons (Fsp3) is 0.231. The molecular weight excluding hydrogens is 480 g/mol. The number of aromatic nitrogens is 2. The van der Waals surface area contributed by atoms with E-state index in [1.807, 2.05) is 43.5 Å². The smallest absolute Gasteiger partial charge is 0.313 e. The first-order chi connectivity index (χ1) is 16.8. The number of primary amides is 1. The van der Waals surface area contributed by atoms with E-state index in [1.54, 1.807) is 46.1 Å². The van der Waals surface area contributed by atoms with Crippen LogP contribution >= 0.6 is 0 Å². The van der Waals surface area contributed by atoms with Crippen molar-refractivity contribution >= 4 is 26.9 Å². The van der Waals surface area contributed by atoms with Crippen molar-refractivity contribution in [1.29, 1.82) is 0 Å². The van der Waals surface area contributed by atoms with Crippen LogP contribution in [-0.4, -0.2) is 47.7 Å². The molecule has 3 aromatic carbocycles. The first kappa shape index (κ1) is 25.5. The molecule has 1 amide bonds. The summed E-state index contributed by atoms with van der Waals surface area (Å²) >= 11 is 0. The molecule has 1 saturated heterocycles. The summed E-state index contributed by atoms with van der Waals surface area (Å²) in [6.07, 6.45) is 3.64. The topological polar surface area (TPSA) is 139 Å². The molecule has 1 aromatic heterocycles. The number of hydrogen-bond donors (Lipinski definition) is 1. The Balaban J connectivity index is 0.00000304. The van der Waals surface area contributed by atoms with Gasteiger partial charge in [-0.25, -0.2) is 4.68 Å². The summed E-state index contributed by atoms with van der Waals surface area (Å²) in [6.45, 7) is 2.95. The van der Waals surface area contributed by atoms with E-state index in [-0.39, 0.29) is 16.3 Å². The summed E-state index contributed by atoms with van der Waals surface area (Å²) in [7, 11) is -3.87. The predicted octanol–water partition coefficient (Wildman–Crippen LogP) is 3.11. The Hall–Kier alpha value is -3.57. The van der Waals surface area contributed by atoms with Gasteiger partial charge in [0, 0.05) is 24.7 Å². The molecule has 10 heteroatoms. The van der Waals surface area contributed by atoms with Gasteiger partial charge >= 0.3 is 10.1 Å². The molecule has 9 nitrogen and oxygen atoms in total. The average Bonchev–Trinajstić information content (AvgIpc) is 3.29. The van der Waals surface area contributed by atoms with Gasteiger partial charge in [0.05, 0.1) is 16.1 Å². The van der Waals surface area contributed by atoms with Crippen LogP contribution in [0, 0.1) is 6.92 Å². The Bertz CT molecular complexity index is 1480. The third kappa shape index (κ3) is 5.17. The molecule has 0 spiro atoms. The second-order valence-corrected chi connectivity index (χ2v) is 10.4. The van der Waals surface area contributed by atoms with Crippen LogP contribution in [0.4, 0.5) is 0 Å². The molecule has 2 heterocycles. The molecule has 0 radical (unpaired) electrons. The zero-order valence-corrected chi connectivity index (χ0v) is 20.6. The summed E-state index contributed by atoms with van der Waals surface area (Å²) in [5, 5.41) is 6.93. The number of fused-ring (bicyclic) bond motifs is 1. The van der Waals surface area contributed by atoms with Gasteiger partial charge in [-0.3, -0.25) is 4.79 Å². The Kier molecular flexibility index (Phi) is 7.23. The van der Waals surface area contributed by atoms with Crippen molar-refractivity contribution in [2.45, 2.75) is 30.6 Å². The highest BCUT2D eigenvalue weighted by molar-refractivity contribution is 7.86. The Morgan fingerprint density at radius 2 is 1.78 bits per heavy atom. The number of carbonyl (C=O) groups is 1. The van der Waals surface area contributed by atoms with Crippen molar-refractivity contribution in [3.8, 4) is 5.69 Å². The molecule has 5 rings (SSSR count). The first-order valence-corrected chi connectivity index (χ1v) is 12.9. The standard InChI is InChI=1S/C26H26N4O4S.H2O/c1-18-7-13-23(14-8-18)35(32,33)34-29-15-3-5-20(16-29)19-9-11-22(12-10-19)30-17-21-4-2-6-24(26(27)31)25(21)28-30;/h2,4,6-14,17,20H,3,5,15-16H2,1H3,(H2,27,31);1H2/t20-;/m1./s1. The molecule has 0 unspecified atom stereocenters. The minimum Gasteiger partial charge on any atom is -0.412 e. The van der Waals surface area contributed by atoms with Crippen molar-refractivity contribution in [2.75, 3.05) is 13.1 Å². The second-order valence-electron chi connectivity index (χ2n) is 8.84. The second kappa shape index (κ2) is 10.2. The van der Waals surface area contributed by atoms with Crippen LogP contribution < -0.4 is 5.73 Å². The fourth-order valence-electron chi connectivity index (χ4n) is 4.44. The van der Waals surface area contributed by atoms with Gasteiger partial charge in [0.15, 0.2) is 0 Å². The summed E-state index contributed by atoms with van der Waals surface area (Å²) < 4.78 is 32.6. The molecular formula is C26H28N4O5S. The molecule has 1 atom stereocenters. The average molecular weight is 509 g/mol. The Morgan fingerprint density at radius 3 is 2.47 bits per heavy atom. The Labute approximate surface area is 209 Å². The van der Waals surface area contributed by atoms with Crippen molar-refractivity contribution < 1.29 is 23.0 Å². The number of amides is 1. The monoisotopic (exact) mass is 508 g/mol. The Morgan fingerprint density at radius 1 is 1.06 bits per heavy atom. The van der Waals surface area contributed by atoms with Gasteiger partial charge in [-0.1, -0.05) is 42.0 Å². The first-order valence-electron chi connectivity index (χ1n) is 11.4. The molecule has 1 fully saturated rings. The maximum Gasteiger partial charge on any atom is 0.313 e. The van der Waals surface area contributed by atoms with Gasteiger partial charge in [0.1, 0.15) is 5.52 Å². The number of piperidine rings is 1. The molecule has 36 heavy (non-hydrogen) atoms. The van der Waals surface area contributed by atoms with Crippen molar-refractivity contribution in [3.63, 3.8) is 0 Å². The quantitative estimate of drug-likeness (QED) is 0.425. The van der Waals surface area contributed by atoms with Crippen molar-refractivity contribution in [3.05, 3.63) is 89.6 Å². The van der Waals surface area contributed by atoms with Gasteiger partial charge in [-0.2, -0.15) is 22.9 Å². The van der Waals surface area contributed by atoms with Crippen LogP contribution in [0.25, 0.3) is 16.6 Å². The maximum atomic E-state index is 12.7.